The maximum absolute atomic E-state index is 12.8. The summed E-state index contributed by atoms with van der Waals surface area (Å²) < 4.78 is 52.7. The smallest absolute Gasteiger partial charge is 0.422 e. The first-order valence-corrected chi connectivity index (χ1v) is 4.32. The molecular formula is C8H5BrF4O. The highest BCUT2D eigenvalue weighted by Gasteiger charge is 2.28. The summed E-state index contributed by atoms with van der Waals surface area (Å²) in [6, 6.07) is 3.53. The molecule has 0 heterocycles. The van der Waals surface area contributed by atoms with Gasteiger partial charge in [0.1, 0.15) is 0 Å². The van der Waals surface area contributed by atoms with Crippen LogP contribution in [0.2, 0.25) is 0 Å². The van der Waals surface area contributed by atoms with Crippen LogP contribution < -0.4 is 4.74 Å². The van der Waals surface area contributed by atoms with E-state index in [2.05, 4.69) is 20.7 Å². The third-order valence-corrected chi connectivity index (χ3v) is 1.78. The molecule has 1 aromatic rings. The van der Waals surface area contributed by atoms with Crippen molar-refractivity contribution in [3.63, 3.8) is 0 Å². The second-order valence-electron chi connectivity index (χ2n) is 2.48. The van der Waals surface area contributed by atoms with Crippen LogP contribution in [0.5, 0.6) is 5.75 Å². The SMILES string of the molecule is Fc1ccc(Br)cc1OCC(F)(F)F. The highest BCUT2D eigenvalue weighted by molar-refractivity contribution is 9.10. The zero-order valence-corrected chi connectivity index (χ0v) is 8.32. The van der Waals surface area contributed by atoms with Gasteiger partial charge < -0.3 is 4.74 Å². The molecule has 0 aliphatic rings. The van der Waals surface area contributed by atoms with E-state index in [1.807, 2.05) is 0 Å². The van der Waals surface area contributed by atoms with Crippen LogP contribution in [0, 0.1) is 5.82 Å². The average Bonchev–Trinajstić information content (AvgIpc) is 2.05. The summed E-state index contributed by atoms with van der Waals surface area (Å²) in [4.78, 5) is 0. The number of hydrogen-bond donors (Lipinski definition) is 0. The van der Waals surface area contributed by atoms with Crippen LogP contribution >= 0.6 is 15.9 Å². The molecule has 0 amide bonds. The number of benzene rings is 1. The Morgan fingerprint density at radius 3 is 2.50 bits per heavy atom. The van der Waals surface area contributed by atoms with E-state index in [4.69, 9.17) is 0 Å². The van der Waals surface area contributed by atoms with Crippen molar-refractivity contribution < 1.29 is 22.3 Å². The minimum absolute atomic E-state index is 0.420. The Bertz CT molecular complexity index is 324. The van der Waals surface area contributed by atoms with Crippen molar-refractivity contribution in [2.45, 2.75) is 6.18 Å². The van der Waals surface area contributed by atoms with Gasteiger partial charge in [-0.2, -0.15) is 13.2 Å². The van der Waals surface area contributed by atoms with Crippen molar-refractivity contribution in [2.24, 2.45) is 0 Å². The van der Waals surface area contributed by atoms with E-state index in [-0.39, 0.29) is 0 Å². The first kappa shape index (κ1) is 11.3. The molecule has 1 aromatic carbocycles. The molecule has 0 N–H and O–H groups in total. The lowest BCUT2D eigenvalue weighted by Gasteiger charge is -2.09. The molecule has 14 heavy (non-hydrogen) atoms. The van der Waals surface area contributed by atoms with E-state index in [0.717, 1.165) is 12.1 Å². The van der Waals surface area contributed by atoms with Crippen LogP contribution in [-0.4, -0.2) is 12.8 Å². The molecule has 0 atom stereocenters. The molecule has 6 heteroatoms. The van der Waals surface area contributed by atoms with Crippen molar-refractivity contribution in [3.05, 3.63) is 28.5 Å². The fraction of sp³-hybridized carbons (Fsp3) is 0.250. The molecule has 0 spiro atoms. The molecule has 0 unspecified atom stereocenters. The number of alkyl halides is 3. The van der Waals surface area contributed by atoms with Gasteiger partial charge in [0.15, 0.2) is 18.2 Å². The quantitative estimate of drug-likeness (QED) is 0.749. The number of ether oxygens (including phenoxy) is 1. The maximum Gasteiger partial charge on any atom is 0.422 e. The predicted molar refractivity (Wildman–Crippen MR) is 45.7 cm³/mol. The van der Waals surface area contributed by atoms with Gasteiger partial charge in [-0.05, 0) is 18.2 Å². The van der Waals surface area contributed by atoms with Crippen LogP contribution in [0.25, 0.3) is 0 Å². The molecular weight excluding hydrogens is 268 g/mol. The van der Waals surface area contributed by atoms with Crippen molar-refractivity contribution in [1.82, 2.24) is 0 Å². The third-order valence-electron chi connectivity index (χ3n) is 1.28. The summed E-state index contributed by atoms with van der Waals surface area (Å²) in [7, 11) is 0. The van der Waals surface area contributed by atoms with Gasteiger partial charge in [-0.25, -0.2) is 4.39 Å². The van der Waals surface area contributed by atoms with Gasteiger partial charge in [-0.15, -0.1) is 0 Å². The zero-order chi connectivity index (χ0) is 10.8. The Labute approximate surface area is 85.8 Å². The van der Waals surface area contributed by atoms with Gasteiger partial charge in [-0.1, -0.05) is 15.9 Å². The third kappa shape index (κ3) is 3.53. The fourth-order valence-corrected chi connectivity index (χ4v) is 1.09. The summed E-state index contributed by atoms with van der Waals surface area (Å²) >= 11 is 2.99. The minimum Gasteiger partial charge on any atom is -0.481 e. The first-order valence-electron chi connectivity index (χ1n) is 3.53. The molecule has 0 saturated carbocycles. The molecule has 1 rings (SSSR count). The Hall–Kier alpha value is -0.780. The molecule has 0 bridgehead atoms. The molecule has 0 aliphatic heterocycles. The largest absolute Gasteiger partial charge is 0.481 e. The van der Waals surface area contributed by atoms with Crippen molar-refractivity contribution in [3.8, 4) is 5.75 Å². The summed E-state index contributed by atoms with van der Waals surface area (Å²) in [6.07, 6.45) is -4.46. The van der Waals surface area contributed by atoms with E-state index in [9.17, 15) is 17.6 Å². The number of rotatable bonds is 2. The van der Waals surface area contributed by atoms with Crippen LogP contribution in [0.4, 0.5) is 17.6 Å². The Morgan fingerprint density at radius 1 is 1.29 bits per heavy atom. The van der Waals surface area contributed by atoms with Crippen molar-refractivity contribution in [2.75, 3.05) is 6.61 Å². The number of halogens is 5. The summed E-state index contributed by atoms with van der Waals surface area (Å²) in [5.41, 5.74) is 0. The highest BCUT2D eigenvalue weighted by atomic mass is 79.9. The van der Waals surface area contributed by atoms with Gasteiger partial charge in [0.05, 0.1) is 0 Å². The van der Waals surface area contributed by atoms with E-state index in [1.165, 1.54) is 6.07 Å². The van der Waals surface area contributed by atoms with Gasteiger partial charge in [-0.3, -0.25) is 0 Å². The van der Waals surface area contributed by atoms with Crippen molar-refractivity contribution >= 4 is 15.9 Å². The number of hydrogen-bond acceptors (Lipinski definition) is 1. The standard InChI is InChI=1S/C8H5BrF4O/c9-5-1-2-6(10)7(3-5)14-4-8(11,12)13/h1-3H,4H2. The monoisotopic (exact) mass is 272 g/mol. The van der Waals surface area contributed by atoms with E-state index in [0.29, 0.717) is 4.47 Å². The minimum atomic E-state index is -4.46. The molecule has 0 radical (unpaired) electrons. The van der Waals surface area contributed by atoms with Gasteiger partial charge in [0, 0.05) is 4.47 Å². The normalized spacial score (nSPS) is 11.5. The first-order chi connectivity index (χ1) is 6.38. The Morgan fingerprint density at radius 2 is 1.93 bits per heavy atom. The lowest BCUT2D eigenvalue weighted by molar-refractivity contribution is -0.153. The molecule has 78 valence electrons. The fourth-order valence-electron chi connectivity index (χ4n) is 0.747. The zero-order valence-electron chi connectivity index (χ0n) is 6.74. The molecule has 0 aromatic heterocycles. The summed E-state index contributed by atoms with van der Waals surface area (Å²) in [5.74, 6) is -1.24. The lowest BCUT2D eigenvalue weighted by atomic mass is 10.3. The second-order valence-corrected chi connectivity index (χ2v) is 3.39. The average molecular weight is 273 g/mol. The lowest BCUT2D eigenvalue weighted by Crippen LogP contribution is -2.19. The van der Waals surface area contributed by atoms with Gasteiger partial charge >= 0.3 is 6.18 Å². The Balaban J connectivity index is 2.72. The maximum atomic E-state index is 12.8. The van der Waals surface area contributed by atoms with E-state index >= 15 is 0 Å². The molecule has 0 saturated heterocycles. The van der Waals surface area contributed by atoms with Crippen LogP contribution in [-0.2, 0) is 0 Å². The van der Waals surface area contributed by atoms with E-state index < -0.39 is 24.3 Å². The second kappa shape index (κ2) is 4.16. The van der Waals surface area contributed by atoms with Crippen molar-refractivity contribution in [1.29, 1.82) is 0 Å². The summed E-state index contributed by atoms with van der Waals surface area (Å²) in [6.45, 7) is -1.50. The molecule has 0 aliphatic carbocycles. The van der Waals surface area contributed by atoms with Crippen LogP contribution in [0.15, 0.2) is 22.7 Å². The van der Waals surface area contributed by atoms with Gasteiger partial charge in [0.25, 0.3) is 0 Å². The van der Waals surface area contributed by atoms with Crippen LogP contribution in [0.1, 0.15) is 0 Å². The van der Waals surface area contributed by atoms with Gasteiger partial charge in [0.2, 0.25) is 0 Å². The van der Waals surface area contributed by atoms with E-state index in [1.54, 1.807) is 0 Å². The Kier molecular flexibility index (Phi) is 3.36. The van der Waals surface area contributed by atoms with Crippen LogP contribution in [0.3, 0.4) is 0 Å². The highest BCUT2D eigenvalue weighted by Crippen LogP contribution is 2.24. The topological polar surface area (TPSA) is 9.23 Å². The molecule has 1 nitrogen and oxygen atoms in total. The molecule has 0 fully saturated rings. The summed E-state index contributed by atoms with van der Waals surface area (Å²) in [5, 5.41) is 0. The predicted octanol–water partition coefficient (Wildman–Crippen LogP) is 3.53.